The maximum atomic E-state index is 9.50. The number of nitrogens with zero attached hydrogens (tertiary/aromatic N) is 1. The average molecular weight is 175 g/mol. The second-order valence-electron chi connectivity index (χ2n) is 3.84. The molecule has 0 N–H and O–H groups in total. The fourth-order valence-electron chi connectivity index (χ4n) is 1.69. The van der Waals surface area contributed by atoms with Crippen LogP contribution < -0.4 is 0 Å². The van der Waals surface area contributed by atoms with Gasteiger partial charge in [-0.2, -0.15) is 0 Å². The van der Waals surface area contributed by atoms with Crippen molar-refractivity contribution < 1.29 is 4.39 Å². The van der Waals surface area contributed by atoms with E-state index in [1.54, 1.807) is 0 Å². The third kappa shape index (κ3) is 4.05. The van der Waals surface area contributed by atoms with Crippen molar-refractivity contribution >= 4 is 0 Å². The van der Waals surface area contributed by atoms with Gasteiger partial charge in [-0.1, -0.05) is 6.92 Å². The molecule has 1 aliphatic heterocycles. The first-order valence-corrected chi connectivity index (χ1v) is 4.82. The molecule has 74 valence electrons. The summed E-state index contributed by atoms with van der Waals surface area (Å²) in [6.07, 6.45) is 2.84. The SMILES string of the molecule is CC1CCCN(C(C)C)C1.CF. The first kappa shape index (κ1) is 11.9. The molecule has 0 radical (unpaired) electrons. The van der Waals surface area contributed by atoms with Crippen molar-refractivity contribution in [3.05, 3.63) is 0 Å². The van der Waals surface area contributed by atoms with E-state index in [1.807, 2.05) is 0 Å². The minimum absolute atomic E-state index is 0.500. The van der Waals surface area contributed by atoms with E-state index >= 15 is 0 Å². The highest BCUT2D eigenvalue weighted by Crippen LogP contribution is 2.16. The summed E-state index contributed by atoms with van der Waals surface area (Å²) >= 11 is 0. The Labute approximate surface area is 75.9 Å². The third-order valence-electron chi connectivity index (χ3n) is 2.42. The molecule has 1 atom stereocenters. The van der Waals surface area contributed by atoms with Crippen molar-refractivity contribution in [3.63, 3.8) is 0 Å². The van der Waals surface area contributed by atoms with Gasteiger partial charge in [0.25, 0.3) is 0 Å². The first-order valence-electron chi connectivity index (χ1n) is 4.82. The van der Waals surface area contributed by atoms with Crippen LogP contribution in [0, 0.1) is 5.92 Å². The Morgan fingerprint density at radius 3 is 2.25 bits per heavy atom. The van der Waals surface area contributed by atoms with Crippen LogP contribution in [0.5, 0.6) is 0 Å². The van der Waals surface area contributed by atoms with Gasteiger partial charge in [0.1, 0.15) is 0 Å². The Hall–Kier alpha value is -0.110. The molecule has 0 amide bonds. The standard InChI is InChI=1S/C9H19N.CH3F/c1-8(2)10-6-4-5-9(3)7-10;1-2/h8-9H,4-7H2,1-3H3;1H3. The molecular formula is C10H22FN. The van der Waals surface area contributed by atoms with Crippen LogP contribution in [0.4, 0.5) is 4.39 Å². The van der Waals surface area contributed by atoms with E-state index in [2.05, 4.69) is 25.7 Å². The van der Waals surface area contributed by atoms with Crippen LogP contribution in [0.2, 0.25) is 0 Å². The number of rotatable bonds is 1. The van der Waals surface area contributed by atoms with Gasteiger partial charge in [-0.05, 0) is 39.2 Å². The second-order valence-corrected chi connectivity index (χ2v) is 3.84. The molecule has 12 heavy (non-hydrogen) atoms. The van der Waals surface area contributed by atoms with Crippen molar-refractivity contribution in [2.24, 2.45) is 5.92 Å². The predicted molar refractivity (Wildman–Crippen MR) is 52.1 cm³/mol. The smallest absolute Gasteiger partial charge is 0.0785 e. The van der Waals surface area contributed by atoms with Crippen molar-refractivity contribution in [3.8, 4) is 0 Å². The van der Waals surface area contributed by atoms with Crippen molar-refractivity contribution in [1.29, 1.82) is 0 Å². The van der Waals surface area contributed by atoms with Gasteiger partial charge in [0.15, 0.2) is 0 Å². The molecule has 1 unspecified atom stereocenters. The number of hydrogen-bond acceptors (Lipinski definition) is 1. The molecular weight excluding hydrogens is 153 g/mol. The van der Waals surface area contributed by atoms with Gasteiger partial charge in [-0.3, -0.25) is 4.39 Å². The normalized spacial score (nSPS) is 25.0. The van der Waals surface area contributed by atoms with Crippen LogP contribution in [0.1, 0.15) is 33.6 Å². The van der Waals surface area contributed by atoms with E-state index in [4.69, 9.17) is 0 Å². The number of likely N-dealkylation sites (tertiary alicyclic amines) is 1. The van der Waals surface area contributed by atoms with Gasteiger partial charge in [0, 0.05) is 12.6 Å². The molecule has 1 fully saturated rings. The summed E-state index contributed by atoms with van der Waals surface area (Å²) in [6, 6.07) is 0.753. The highest BCUT2D eigenvalue weighted by molar-refractivity contribution is 4.71. The van der Waals surface area contributed by atoms with Gasteiger partial charge in [-0.25, -0.2) is 0 Å². The summed E-state index contributed by atoms with van der Waals surface area (Å²) in [5, 5.41) is 0. The van der Waals surface area contributed by atoms with E-state index in [1.165, 1.54) is 25.9 Å². The Morgan fingerprint density at radius 2 is 1.92 bits per heavy atom. The Balaban J connectivity index is 0.000000561. The Morgan fingerprint density at radius 1 is 1.33 bits per heavy atom. The summed E-state index contributed by atoms with van der Waals surface area (Å²) in [6.45, 7) is 9.57. The van der Waals surface area contributed by atoms with E-state index in [0.29, 0.717) is 7.18 Å². The van der Waals surface area contributed by atoms with E-state index in [0.717, 1.165) is 12.0 Å². The van der Waals surface area contributed by atoms with E-state index in [-0.39, 0.29) is 0 Å². The zero-order valence-electron chi connectivity index (χ0n) is 8.81. The molecule has 1 saturated heterocycles. The minimum Gasteiger partial charge on any atom is -0.301 e. The van der Waals surface area contributed by atoms with E-state index < -0.39 is 0 Å². The summed E-state index contributed by atoms with van der Waals surface area (Å²) in [7, 11) is 0.500. The molecule has 1 heterocycles. The number of halogens is 1. The lowest BCUT2D eigenvalue weighted by molar-refractivity contribution is 0.147. The molecule has 0 bridgehead atoms. The average Bonchev–Trinajstić information content (AvgIpc) is 2.08. The quantitative estimate of drug-likeness (QED) is 0.592. The first-order chi connectivity index (χ1) is 5.70. The van der Waals surface area contributed by atoms with Gasteiger partial charge in [0.2, 0.25) is 0 Å². The molecule has 0 aromatic rings. The fourth-order valence-corrected chi connectivity index (χ4v) is 1.69. The molecule has 0 saturated carbocycles. The highest BCUT2D eigenvalue weighted by Gasteiger charge is 2.17. The summed E-state index contributed by atoms with van der Waals surface area (Å²) < 4.78 is 9.50. The topological polar surface area (TPSA) is 3.24 Å². The monoisotopic (exact) mass is 175 g/mol. The zero-order chi connectivity index (χ0) is 9.56. The lowest BCUT2D eigenvalue weighted by Crippen LogP contribution is -2.38. The Bertz CT molecular complexity index is 104. The number of piperidine rings is 1. The van der Waals surface area contributed by atoms with Gasteiger partial charge in [-0.15, -0.1) is 0 Å². The molecule has 0 spiro atoms. The molecule has 0 aromatic heterocycles. The Kier molecular flexibility index (Phi) is 6.35. The summed E-state index contributed by atoms with van der Waals surface area (Å²) in [5.41, 5.74) is 0. The van der Waals surface area contributed by atoms with Crippen LogP contribution in [0.25, 0.3) is 0 Å². The van der Waals surface area contributed by atoms with Crippen molar-refractivity contribution in [1.82, 2.24) is 4.90 Å². The van der Waals surface area contributed by atoms with E-state index in [9.17, 15) is 4.39 Å². The summed E-state index contributed by atoms with van der Waals surface area (Å²) in [5.74, 6) is 0.927. The molecule has 1 rings (SSSR count). The predicted octanol–water partition coefficient (Wildman–Crippen LogP) is 2.71. The van der Waals surface area contributed by atoms with Gasteiger partial charge < -0.3 is 4.90 Å². The lowest BCUT2D eigenvalue weighted by Gasteiger charge is -2.33. The van der Waals surface area contributed by atoms with Gasteiger partial charge in [0.05, 0.1) is 7.18 Å². The molecule has 2 heteroatoms. The lowest BCUT2D eigenvalue weighted by atomic mass is 9.99. The van der Waals surface area contributed by atoms with Crippen LogP contribution in [-0.4, -0.2) is 31.2 Å². The largest absolute Gasteiger partial charge is 0.301 e. The fraction of sp³-hybridized carbons (Fsp3) is 1.00. The second kappa shape index (κ2) is 6.41. The van der Waals surface area contributed by atoms with Crippen LogP contribution >= 0.6 is 0 Å². The molecule has 0 aromatic carbocycles. The molecule has 1 nitrogen and oxygen atoms in total. The zero-order valence-corrected chi connectivity index (χ0v) is 8.81. The minimum atomic E-state index is 0.500. The van der Waals surface area contributed by atoms with Crippen LogP contribution in [-0.2, 0) is 0 Å². The van der Waals surface area contributed by atoms with Crippen molar-refractivity contribution in [2.75, 3.05) is 20.3 Å². The maximum Gasteiger partial charge on any atom is 0.0785 e. The van der Waals surface area contributed by atoms with Crippen LogP contribution in [0.15, 0.2) is 0 Å². The highest BCUT2D eigenvalue weighted by atomic mass is 19.1. The third-order valence-corrected chi connectivity index (χ3v) is 2.42. The summed E-state index contributed by atoms with van der Waals surface area (Å²) in [4.78, 5) is 2.58. The maximum absolute atomic E-state index is 9.50. The van der Waals surface area contributed by atoms with Crippen LogP contribution in [0.3, 0.4) is 0 Å². The van der Waals surface area contributed by atoms with Crippen molar-refractivity contribution in [2.45, 2.75) is 39.7 Å². The molecule has 0 aliphatic carbocycles. The molecule has 1 aliphatic rings. The van der Waals surface area contributed by atoms with Gasteiger partial charge >= 0.3 is 0 Å². The number of hydrogen-bond donors (Lipinski definition) is 0. The number of alkyl halides is 1.